The van der Waals surface area contributed by atoms with E-state index < -0.39 is 0 Å². The minimum atomic E-state index is -0.335. The average Bonchev–Trinajstić information content (AvgIpc) is 2.42. The second kappa shape index (κ2) is 7.45. The third-order valence-corrected chi connectivity index (χ3v) is 2.52. The highest BCUT2D eigenvalue weighted by Crippen LogP contribution is 2.05. The molecule has 5 heteroatoms. The Morgan fingerprint density at radius 1 is 1.39 bits per heavy atom. The van der Waals surface area contributed by atoms with Gasteiger partial charge in [0.15, 0.2) is 5.11 Å². The Bertz CT molecular complexity index is 429. The first-order chi connectivity index (χ1) is 8.67. The Morgan fingerprint density at radius 2 is 2.06 bits per heavy atom. The Hall–Kier alpha value is -1.88. The summed E-state index contributed by atoms with van der Waals surface area (Å²) in [6.45, 7) is 4.83. The summed E-state index contributed by atoms with van der Waals surface area (Å²) in [6.07, 6.45) is 1.74. The van der Waals surface area contributed by atoms with Gasteiger partial charge in [0, 0.05) is 13.1 Å². The van der Waals surface area contributed by atoms with E-state index in [1.54, 1.807) is 18.2 Å². The SMILES string of the molecule is C=CCNC(=S)NCc1ccc(C(=O)OC)cc1. The van der Waals surface area contributed by atoms with Gasteiger partial charge in [0.2, 0.25) is 0 Å². The van der Waals surface area contributed by atoms with E-state index in [0.717, 1.165) is 5.56 Å². The molecule has 0 aliphatic carbocycles. The van der Waals surface area contributed by atoms with Gasteiger partial charge in [-0.05, 0) is 29.9 Å². The monoisotopic (exact) mass is 264 g/mol. The maximum atomic E-state index is 11.2. The molecule has 0 radical (unpaired) electrons. The molecule has 18 heavy (non-hydrogen) atoms. The maximum Gasteiger partial charge on any atom is 0.337 e. The Balaban J connectivity index is 2.46. The van der Waals surface area contributed by atoms with Gasteiger partial charge >= 0.3 is 5.97 Å². The van der Waals surface area contributed by atoms with Crippen LogP contribution in [0.15, 0.2) is 36.9 Å². The molecule has 2 N–H and O–H groups in total. The fourth-order valence-electron chi connectivity index (χ4n) is 1.29. The lowest BCUT2D eigenvalue weighted by Crippen LogP contribution is -2.34. The predicted molar refractivity (Wildman–Crippen MR) is 75.4 cm³/mol. The molecular weight excluding hydrogens is 248 g/mol. The molecule has 1 aromatic carbocycles. The van der Waals surface area contributed by atoms with Crippen molar-refractivity contribution in [3.63, 3.8) is 0 Å². The van der Waals surface area contributed by atoms with Gasteiger partial charge in [0.05, 0.1) is 12.7 Å². The van der Waals surface area contributed by atoms with Crippen molar-refractivity contribution >= 4 is 23.3 Å². The molecule has 4 nitrogen and oxygen atoms in total. The quantitative estimate of drug-likeness (QED) is 0.481. The molecule has 0 unspecified atom stereocenters. The molecule has 96 valence electrons. The second-order valence-electron chi connectivity index (χ2n) is 3.54. The molecule has 0 aliphatic rings. The van der Waals surface area contributed by atoms with Gasteiger partial charge in [-0.15, -0.1) is 6.58 Å². The average molecular weight is 264 g/mol. The van der Waals surface area contributed by atoms with Crippen molar-refractivity contribution in [2.24, 2.45) is 0 Å². The highest BCUT2D eigenvalue weighted by Gasteiger charge is 2.04. The first kappa shape index (κ1) is 14.2. The number of carbonyl (C=O) groups is 1. The summed E-state index contributed by atoms with van der Waals surface area (Å²) in [7, 11) is 1.36. The lowest BCUT2D eigenvalue weighted by molar-refractivity contribution is 0.0600. The molecular formula is C13H16N2O2S. The first-order valence-electron chi connectivity index (χ1n) is 5.47. The standard InChI is InChI=1S/C13H16N2O2S/c1-3-8-14-13(18)15-9-10-4-6-11(7-5-10)12(16)17-2/h3-7H,1,8-9H2,2H3,(H2,14,15,18). The topological polar surface area (TPSA) is 50.4 Å². The van der Waals surface area contributed by atoms with Gasteiger partial charge in [-0.2, -0.15) is 0 Å². The van der Waals surface area contributed by atoms with E-state index in [1.165, 1.54) is 7.11 Å². The van der Waals surface area contributed by atoms with E-state index in [2.05, 4.69) is 21.9 Å². The van der Waals surface area contributed by atoms with Crippen molar-refractivity contribution < 1.29 is 9.53 Å². The van der Waals surface area contributed by atoms with Crippen LogP contribution in [0.25, 0.3) is 0 Å². The summed E-state index contributed by atoms with van der Waals surface area (Å²) in [6, 6.07) is 7.16. The summed E-state index contributed by atoms with van der Waals surface area (Å²) in [5.41, 5.74) is 1.57. The van der Waals surface area contributed by atoms with Crippen LogP contribution >= 0.6 is 12.2 Å². The summed E-state index contributed by atoms with van der Waals surface area (Å²) < 4.78 is 4.62. The van der Waals surface area contributed by atoms with Crippen molar-refractivity contribution in [1.82, 2.24) is 10.6 Å². The van der Waals surface area contributed by atoms with Crippen molar-refractivity contribution in [1.29, 1.82) is 0 Å². The highest BCUT2D eigenvalue weighted by atomic mass is 32.1. The van der Waals surface area contributed by atoms with Gasteiger partial charge in [-0.25, -0.2) is 4.79 Å². The van der Waals surface area contributed by atoms with Gasteiger partial charge in [-0.3, -0.25) is 0 Å². The zero-order valence-electron chi connectivity index (χ0n) is 10.2. The number of nitrogens with one attached hydrogen (secondary N) is 2. The molecule has 0 aliphatic heterocycles. The van der Waals surface area contributed by atoms with E-state index >= 15 is 0 Å². The van der Waals surface area contributed by atoms with E-state index in [0.29, 0.717) is 23.8 Å². The lowest BCUT2D eigenvalue weighted by Gasteiger charge is -2.09. The van der Waals surface area contributed by atoms with Crippen molar-refractivity contribution in [3.8, 4) is 0 Å². The molecule has 0 amide bonds. The third-order valence-electron chi connectivity index (χ3n) is 2.24. The molecule has 0 fully saturated rings. The molecule has 0 saturated heterocycles. The molecule has 1 aromatic rings. The summed E-state index contributed by atoms with van der Waals surface area (Å²) in [5.74, 6) is -0.335. The Morgan fingerprint density at radius 3 is 2.61 bits per heavy atom. The first-order valence-corrected chi connectivity index (χ1v) is 5.88. The van der Waals surface area contributed by atoms with Crippen LogP contribution in [0.3, 0.4) is 0 Å². The van der Waals surface area contributed by atoms with E-state index in [4.69, 9.17) is 12.2 Å². The lowest BCUT2D eigenvalue weighted by atomic mass is 10.1. The molecule has 0 heterocycles. The number of methoxy groups -OCH3 is 1. The fraction of sp³-hybridized carbons (Fsp3) is 0.231. The van der Waals surface area contributed by atoms with Crippen LogP contribution in [0.4, 0.5) is 0 Å². The molecule has 1 rings (SSSR count). The third kappa shape index (κ3) is 4.55. The number of hydrogen-bond donors (Lipinski definition) is 2. The molecule has 0 saturated carbocycles. The Labute approximate surface area is 112 Å². The van der Waals surface area contributed by atoms with Crippen molar-refractivity contribution in [2.75, 3.05) is 13.7 Å². The maximum absolute atomic E-state index is 11.2. The normalized spacial score (nSPS) is 9.39. The van der Waals surface area contributed by atoms with Crippen LogP contribution in [0.1, 0.15) is 15.9 Å². The van der Waals surface area contributed by atoms with Crippen LogP contribution < -0.4 is 10.6 Å². The van der Waals surface area contributed by atoms with Crippen LogP contribution in [0, 0.1) is 0 Å². The fourth-order valence-corrected chi connectivity index (χ4v) is 1.44. The molecule has 0 spiro atoms. The van der Waals surface area contributed by atoms with Gasteiger partial charge < -0.3 is 15.4 Å². The second-order valence-corrected chi connectivity index (χ2v) is 3.95. The summed E-state index contributed by atoms with van der Waals surface area (Å²) in [5, 5.41) is 6.60. The van der Waals surface area contributed by atoms with Crippen LogP contribution in [-0.4, -0.2) is 24.7 Å². The summed E-state index contributed by atoms with van der Waals surface area (Å²) in [4.78, 5) is 11.2. The van der Waals surface area contributed by atoms with Gasteiger partial charge in [0.1, 0.15) is 0 Å². The largest absolute Gasteiger partial charge is 0.465 e. The minimum absolute atomic E-state index is 0.335. The molecule has 0 aromatic heterocycles. The van der Waals surface area contributed by atoms with Gasteiger partial charge in [0.25, 0.3) is 0 Å². The number of rotatable bonds is 5. The zero-order valence-corrected chi connectivity index (χ0v) is 11.0. The van der Waals surface area contributed by atoms with E-state index in [-0.39, 0.29) is 5.97 Å². The number of carbonyl (C=O) groups excluding carboxylic acids is 1. The number of thiocarbonyl (C=S) groups is 1. The number of benzene rings is 1. The predicted octanol–water partition coefficient (Wildman–Crippen LogP) is 1.62. The molecule has 0 atom stereocenters. The van der Waals surface area contributed by atoms with Crippen LogP contribution in [0.5, 0.6) is 0 Å². The van der Waals surface area contributed by atoms with Crippen LogP contribution in [0.2, 0.25) is 0 Å². The van der Waals surface area contributed by atoms with Gasteiger partial charge in [-0.1, -0.05) is 18.2 Å². The smallest absolute Gasteiger partial charge is 0.337 e. The number of ether oxygens (including phenoxy) is 1. The van der Waals surface area contributed by atoms with Crippen molar-refractivity contribution in [2.45, 2.75) is 6.54 Å². The highest BCUT2D eigenvalue weighted by molar-refractivity contribution is 7.80. The van der Waals surface area contributed by atoms with E-state index in [1.807, 2.05) is 12.1 Å². The number of esters is 1. The summed E-state index contributed by atoms with van der Waals surface area (Å²) >= 11 is 5.06. The number of hydrogen-bond acceptors (Lipinski definition) is 3. The van der Waals surface area contributed by atoms with Crippen molar-refractivity contribution in [3.05, 3.63) is 48.0 Å². The minimum Gasteiger partial charge on any atom is -0.465 e. The molecule has 0 bridgehead atoms. The Kier molecular flexibility index (Phi) is 5.87. The van der Waals surface area contributed by atoms with Crippen LogP contribution in [-0.2, 0) is 11.3 Å². The van der Waals surface area contributed by atoms with E-state index in [9.17, 15) is 4.79 Å². The zero-order chi connectivity index (χ0) is 13.4.